The van der Waals surface area contributed by atoms with Crippen molar-refractivity contribution in [2.24, 2.45) is 5.73 Å². The quantitative estimate of drug-likeness (QED) is 0.600. The van der Waals surface area contributed by atoms with E-state index in [0.717, 1.165) is 24.1 Å². The second-order valence-electron chi connectivity index (χ2n) is 6.04. The van der Waals surface area contributed by atoms with Crippen LogP contribution in [0.2, 0.25) is 0 Å². The molecule has 0 saturated heterocycles. The van der Waals surface area contributed by atoms with E-state index in [1.165, 1.54) is 12.3 Å². The molecule has 0 aliphatic carbocycles. The van der Waals surface area contributed by atoms with Gasteiger partial charge in [-0.25, -0.2) is 4.39 Å². The molecule has 6 heteroatoms. The van der Waals surface area contributed by atoms with Crippen molar-refractivity contribution < 1.29 is 13.9 Å². The fraction of sp³-hybridized carbons (Fsp3) is 0.143. The molecular formula is C21H20FN3O2. The molecule has 3 N–H and O–H groups in total. The Labute approximate surface area is 157 Å². The number of benzene rings is 2. The fourth-order valence-corrected chi connectivity index (χ4v) is 2.62. The zero-order valence-electron chi connectivity index (χ0n) is 14.7. The fourth-order valence-electron chi connectivity index (χ4n) is 2.62. The maximum Gasteiger partial charge on any atom is 0.254 e. The highest BCUT2D eigenvalue weighted by Crippen LogP contribution is 2.24. The summed E-state index contributed by atoms with van der Waals surface area (Å²) in [6.45, 7) is 1.44. The molecule has 0 bridgehead atoms. The molecule has 27 heavy (non-hydrogen) atoms. The van der Waals surface area contributed by atoms with Crippen molar-refractivity contribution in [3.63, 3.8) is 0 Å². The topological polar surface area (TPSA) is 77.2 Å². The van der Waals surface area contributed by atoms with Gasteiger partial charge in [0.15, 0.2) is 0 Å². The minimum atomic E-state index is -0.586. The lowest BCUT2D eigenvalue weighted by Crippen LogP contribution is -2.16. The van der Waals surface area contributed by atoms with Crippen molar-refractivity contribution >= 4 is 5.91 Å². The Balaban J connectivity index is 1.51. The molecule has 0 spiro atoms. The second kappa shape index (κ2) is 8.91. The van der Waals surface area contributed by atoms with Gasteiger partial charge in [-0.3, -0.25) is 9.78 Å². The second-order valence-corrected chi connectivity index (χ2v) is 6.04. The van der Waals surface area contributed by atoms with Gasteiger partial charge in [-0.1, -0.05) is 24.3 Å². The van der Waals surface area contributed by atoms with Gasteiger partial charge in [0.1, 0.15) is 22.9 Å². The predicted octanol–water partition coefficient (Wildman–Crippen LogP) is 3.44. The summed E-state index contributed by atoms with van der Waals surface area (Å²) in [6.07, 6.45) is 3.68. The predicted molar refractivity (Wildman–Crippen MR) is 101 cm³/mol. The standard InChI is InChI=1S/C21H20FN3O2/c22-17-3-1-2-15(12-17)8-10-24-13-16-4-6-18(7-5-16)27-20-9-11-25-14-19(20)21(23)26/h1-7,9,11-12,14,24H,8,10,13H2,(H2,23,26). The smallest absolute Gasteiger partial charge is 0.254 e. The molecule has 0 aliphatic rings. The number of rotatable bonds is 8. The SMILES string of the molecule is NC(=O)c1cnccc1Oc1ccc(CNCCc2cccc(F)c2)cc1. The van der Waals surface area contributed by atoms with Crippen LogP contribution in [0, 0.1) is 5.82 Å². The molecule has 5 nitrogen and oxygen atoms in total. The summed E-state index contributed by atoms with van der Waals surface area (Å²) < 4.78 is 18.9. The molecule has 1 amide bonds. The largest absolute Gasteiger partial charge is 0.456 e. The van der Waals surface area contributed by atoms with E-state index in [4.69, 9.17) is 10.5 Å². The van der Waals surface area contributed by atoms with Gasteiger partial charge >= 0.3 is 0 Å². The Hall–Kier alpha value is -3.25. The monoisotopic (exact) mass is 365 g/mol. The summed E-state index contributed by atoms with van der Waals surface area (Å²) in [7, 11) is 0. The van der Waals surface area contributed by atoms with Crippen LogP contribution in [-0.4, -0.2) is 17.4 Å². The van der Waals surface area contributed by atoms with Crippen molar-refractivity contribution in [2.75, 3.05) is 6.54 Å². The molecule has 1 heterocycles. The third-order valence-corrected chi connectivity index (χ3v) is 4.01. The molecule has 1 aromatic heterocycles. The van der Waals surface area contributed by atoms with Crippen molar-refractivity contribution in [1.29, 1.82) is 0 Å². The van der Waals surface area contributed by atoms with Gasteiger partial charge in [0.05, 0.1) is 0 Å². The number of aromatic nitrogens is 1. The van der Waals surface area contributed by atoms with Crippen molar-refractivity contribution in [3.05, 3.63) is 89.5 Å². The van der Waals surface area contributed by atoms with Gasteiger partial charge in [-0.05, 0) is 54.4 Å². The maximum absolute atomic E-state index is 13.1. The highest BCUT2D eigenvalue weighted by atomic mass is 19.1. The van der Waals surface area contributed by atoms with E-state index < -0.39 is 5.91 Å². The number of nitrogens with one attached hydrogen (secondary N) is 1. The Bertz CT molecular complexity index is 913. The van der Waals surface area contributed by atoms with Crippen LogP contribution in [0.25, 0.3) is 0 Å². The molecule has 0 aliphatic heterocycles. The number of primary amides is 1. The van der Waals surface area contributed by atoms with Crippen LogP contribution in [0.15, 0.2) is 67.0 Å². The molecule has 138 valence electrons. The first kappa shape index (κ1) is 18.5. The zero-order valence-corrected chi connectivity index (χ0v) is 14.7. The number of pyridine rings is 1. The molecule has 2 aromatic carbocycles. The van der Waals surface area contributed by atoms with Crippen molar-refractivity contribution in [1.82, 2.24) is 10.3 Å². The van der Waals surface area contributed by atoms with Crippen LogP contribution in [-0.2, 0) is 13.0 Å². The lowest BCUT2D eigenvalue weighted by Gasteiger charge is -2.10. The molecule has 0 atom stereocenters. The van der Waals surface area contributed by atoms with Gasteiger partial charge in [0.25, 0.3) is 5.91 Å². The number of nitrogens with two attached hydrogens (primary N) is 1. The molecule has 0 unspecified atom stereocenters. The van der Waals surface area contributed by atoms with Crippen molar-refractivity contribution in [2.45, 2.75) is 13.0 Å². The van der Waals surface area contributed by atoms with Crippen LogP contribution in [0.1, 0.15) is 21.5 Å². The molecule has 3 rings (SSSR count). The maximum atomic E-state index is 13.1. The first-order valence-electron chi connectivity index (χ1n) is 8.57. The average Bonchev–Trinajstić information content (AvgIpc) is 2.67. The highest BCUT2D eigenvalue weighted by molar-refractivity contribution is 5.95. The minimum Gasteiger partial charge on any atom is -0.456 e. The number of carbonyl (C=O) groups is 1. The summed E-state index contributed by atoms with van der Waals surface area (Å²) >= 11 is 0. The van der Waals surface area contributed by atoms with E-state index >= 15 is 0 Å². The lowest BCUT2D eigenvalue weighted by molar-refractivity contribution is 0.0997. The van der Waals surface area contributed by atoms with Crippen LogP contribution in [0.4, 0.5) is 4.39 Å². The molecule has 0 fully saturated rings. The first-order chi connectivity index (χ1) is 13.1. The molecule has 0 saturated carbocycles. The van der Waals surface area contributed by atoms with Crippen LogP contribution in [0.5, 0.6) is 11.5 Å². The molecule has 3 aromatic rings. The summed E-state index contributed by atoms with van der Waals surface area (Å²) in [6, 6.07) is 15.8. The van der Waals surface area contributed by atoms with E-state index in [1.54, 1.807) is 24.4 Å². The number of ether oxygens (including phenoxy) is 1. The number of hydrogen-bond donors (Lipinski definition) is 2. The summed E-state index contributed by atoms with van der Waals surface area (Å²) in [4.78, 5) is 15.3. The minimum absolute atomic E-state index is 0.211. The van der Waals surface area contributed by atoms with Gasteiger partial charge in [-0.2, -0.15) is 0 Å². The average molecular weight is 365 g/mol. The van der Waals surface area contributed by atoms with Gasteiger partial charge in [0, 0.05) is 18.9 Å². The number of halogens is 1. The first-order valence-corrected chi connectivity index (χ1v) is 8.57. The van der Waals surface area contributed by atoms with E-state index in [0.29, 0.717) is 18.0 Å². The molecular weight excluding hydrogens is 345 g/mol. The van der Waals surface area contributed by atoms with Gasteiger partial charge in [0.2, 0.25) is 0 Å². The Morgan fingerprint density at radius 2 is 1.93 bits per heavy atom. The van der Waals surface area contributed by atoms with Crippen LogP contribution < -0.4 is 15.8 Å². The number of nitrogens with zero attached hydrogens (tertiary/aromatic N) is 1. The third kappa shape index (κ3) is 5.36. The third-order valence-electron chi connectivity index (χ3n) is 4.01. The van der Waals surface area contributed by atoms with Gasteiger partial charge < -0.3 is 15.8 Å². The molecule has 0 radical (unpaired) electrons. The Morgan fingerprint density at radius 1 is 1.11 bits per heavy atom. The van der Waals surface area contributed by atoms with Crippen molar-refractivity contribution in [3.8, 4) is 11.5 Å². The number of hydrogen-bond acceptors (Lipinski definition) is 4. The number of carbonyl (C=O) groups excluding carboxylic acids is 1. The highest BCUT2D eigenvalue weighted by Gasteiger charge is 2.10. The zero-order chi connectivity index (χ0) is 19.1. The van der Waals surface area contributed by atoms with E-state index in [2.05, 4.69) is 10.3 Å². The Morgan fingerprint density at radius 3 is 2.67 bits per heavy atom. The normalized spacial score (nSPS) is 10.6. The van der Waals surface area contributed by atoms with Crippen LogP contribution in [0.3, 0.4) is 0 Å². The van der Waals surface area contributed by atoms with E-state index in [9.17, 15) is 9.18 Å². The summed E-state index contributed by atoms with van der Waals surface area (Å²) in [5, 5.41) is 3.33. The van der Waals surface area contributed by atoms with E-state index in [1.807, 2.05) is 30.3 Å². The van der Waals surface area contributed by atoms with Gasteiger partial charge in [-0.15, -0.1) is 0 Å². The lowest BCUT2D eigenvalue weighted by atomic mass is 10.1. The van der Waals surface area contributed by atoms with E-state index in [-0.39, 0.29) is 11.4 Å². The van der Waals surface area contributed by atoms with Crippen LogP contribution >= 0.6 is 0 Å². The number of amides is 1. The summed E-state index contributed by atoms with van der Waals surface area (Å²) in [5.74, 6) is 0.180. The Kier molecular flexibility index (Phi) is 6.12. The summed E-state index contributed by atoms with van der Waals surface area (Å²) in [5.41, 5.74) is 7.62.